The number of primary amides is 1. The molecule has 0 aromatic heterocycles. The van der Waals surface area contributed by atoms with Crippen molar-refractivity contribution in [2.45, 2.75) is 46.1 Å². The fraction of sp³-hybridized carbons (Fsp3) is 0.429. The van der Waals surface area contributed by atoms with Crippen LogP contribution in [0.15, 0.2) is 48.5 Å². The molecule has 0 saturated carbocycles. The van der Waals surface area contributed by atoms with Gasteiger partial charge in [0, 0.05) is 19.0 Å². The van der Waals surface area contributed by atoms with E-state index in [-0.39, 0.29) is 30.1 Å². The standard InChI is InChI=1S/C28H36N4O6/c1-18(2)16-22(30-25(33)17-37-23-10-6-4-8-19(23)3)27(35)31-21-9-5-7-11-24(21)38-28(36)32-14-12-20(13-15-32)26(29)34/h4-11,18,20,22H,12-17H2,1-3H3,(H2,29,34)(H,30,33)(H,31,35)/t22-/m0/s1. The summed E-state index contributed by atoms with van der Waals surface area (Å²) in [4.78, 5) is 51.4. The van der Waals surface area contributed by atoms with E-state index in [1.54, 1.807) is 30.3 Å². The Balaban J connectivity index is 1.61. The van der Waals surface area contributed by atoms with E-state index in [2.05, 4.69) is 10.6 Å². The number of anilines is 1. The van der Waals surface area contributed by atoms with Crippen molar-refractivity contribution in [2.75, 3.05) is 25.0 Å². The summed E-state index contributed by atoms with van der Waals surface area (Å²) < 4.78 is 11.2. The zero-order chi connectivity index (χ0) is 27.7. The highest BCUT2D eigenvalue weighted by Crippen LogP contribution is 2.26. The molecule has 1 heterocycles. The number of amides is 4. The highest BCUT2D eigenvalue weighted by Gasteiger charge is 2.28. The molecule has 1 atom stereocenters. The molecule has 1 aliphatic rings. The fourth-order valence-electron chi connectivity index (χ4n) is 4.18. The average molecular weight is 525 g/mol. The quantitative estimate of drug-likeness (QED) is 0.436. The predicted molar refractivity (Wildman–Crippen MR) is 143 cm³/mol. The van der Waals surface area contributed by atoms with Crippen molar-refractivity contribution in [3.05, 3.63) is 54.1 Å². The molecular formula is C28H36N4O6. The van der Waals surface area contributed by atoms with Gasteiger partial charge in [0.2, 0.25) is 11.8 Å². The van der Waals surface area contributed by atoms with Gasteiger partial charge in [-0.25, -0.2) is 4.79 Å². The van der Waals surface area contributed by atoms with Gasteiger partial charge in [0.05, 0.1) is 5.69 Å². The summed E-state index contributed by atoms with van der Waals surface area (Å²) in [7, 11) is 0. The Kier molecular flexibility index (Phi) is 10.1. The summed E-state index contributed by atoms with van der Waals surface area (Å²) >= 11 is 0. The summed E-state index contributed by atoms with van der Waals surface area (Å²) in [6.45, 7) is 6.27. The number of para-hydroxylation sites is 3. The minimum atomic E-state index is -0.820. The van der Waals surface area contributed by atoms with Crippen LogP contribution >= 0.6 is 0 Å². The molecule has 0 unspecified atom stereocenters. The number of nitrogens with one attached hydrogen (secondary N) is 2. The monoisotopic (exact) mass is 524 g/mol. The van der Waals surface area contributed by atoms with Gasteiger partial charge in [-0.3, -0.25) is 14.4 Å². The second-order valence-electron chi connectivity index (χ2n) is 9.82. The van der Waals surface area contributed by atoms with Crippen LogP contribution < -0.4 is 25.8 Å². The number of likely N-dealkylation sites (tertiary alicyclic amines) is 1. The first-order valence-corrected chi connectivity index (χ1v) is 12.8. The van der Waals surface area contributed by atoms with Crippen LogP contribution in [0.25, 0.3) is 0 Å². The first-order chi connectivity index (χ1) is 18.1. The summed E-state index contributed by atoms with van der Waals surface area (Å²) in [5.41, 5.74) is 6.57. The van der Waals surface area contributed by atoms with Gasteiger partial charge in [0.25, 0.3) is 5.91 Å². The molecule has 0 bridgehead atoms. The van der Waals surface area contributed by atoms with Gasteiger partial charge in [-0.15, -0.1) is 0 Å². The Morgan fingerprint density at radius 3 is 2.26 bits per heavy atom. The maximum absolute atomic E-state index is 13.2. The number of carbonyl (C=O) groups is 4. The van der Waals surface area contributed by atoms with E-state index in [0.717, 1.165) is 5.56 Å². The molecule has 10 nitrogen and oxygen atoms in total. The van der Waals surface area contributed by atoms with Crippen molar-refractivity contribution in [1.29, 1.82) is 0 Å². The Morgan fingerprint density at radius 1 is 1.00 bits per heavy atom. The van der Waals surface area contributed by atoms with Crippen LogP contribution in [0.2, 0.25) is 0 Å². The third-order valence-electron chi connectivity index (χ3n) is 6.31. The molecule has 1 fully saturated rings. The van der Waals surface area contributed by atoms with Crippen LogP contribution in [0.4, 0.5) is 10.5 Å². The van der Waals surface area contributed by atoms with E-state index >= 15 is 0 Å². The maximum Gasteiger partial charge on any atom is 0.415 e. The normalized spacial score (nSPS) is 14.5. The summed E-state index contributed by atoms with van der Waals surface area (Å²) in [6.07, 6.45) is 0.786. The van der Waals surface area contributed by atoms with E-state index in [1.165, 1.54) is 4.90 Å². The smallest absolute Gasteiger partial charge is 0.415 e. The number of aryl methyl sites for hydroxylation is 1. The lowest BCUT2D eigenvalue weighted by Crippen LogP contribution is -2.46. The van der Waals surface area contributed by atoms with E-state index in [0.29, 0.717) is 43.8 Å². The molecule has 2 aromatic carbocycles. The number of nitrogens with zero attached hydrogens (tertiary/aromatic N) is 1. The zero-order valence-electron chi connectivity index (χ0n) is 22.1. The van der Waals surface area contributed by atoms with Crippen LogP contribution in [-0.4, -0.2) is 54.5 Å². The molecule has 4 N–H and O–H groups in total. The summed E-state index contributed by atoms with van der Waals surface area (Å²) in [6, 6.07) is 13.1. The zero-order valence-corrected chi connectivity index (χ0v) is 22.1. The van der Waals surface area contributed by atoms with Crippen molar-refractivity contribution in [3.63, 3.8) is 0 Å². The number of rotatable bonds is 10. The molecule has 4 amide bonds. The minimum Gasteiger partial charge on any atom is -0.484 e. The van der Waals surface area contributed by atoms with Crippen molar-refractivity contribution in [2.24, 2.45) is 17.6 Å². The first kappa shape index (κ1) is 28.5. The number of hydrogen-bond acceptors (Lipinski definition) is 6. The Hall–Kier alpha value is -4.08. The second-order valence-corrected chi connectivity index (χ2v) is 9.82. The third-order valence-corrected chi connectivity index (χ3v) is 6.31. The van der Waals surface area contributed by atoms with E-state index in [4.69, 9.17) is 15.2 Å². The van der Waals surface area contributed by atoms with Crippen molar-refractivity contribution < 1.29 is 28.7 Å². The maximum atomic E-state index is 13.2. The highest BCUT2D eigenvalue weighted by atomic mass is 16.6. The van der Waals surface area contributed by atoms with Gasteiger partial charge in [0.15, 0.2) is 12.4 Å². The summed E-state index contributed by atoms with van der Waals surface area (Å²) in [5, 5.41) is 5.54. The SMILES string of the molecule is Cc1ccccc1OCC(=O)N[C@@H](CC(C)C)C(=O)Nc1ccccc1OC(=O)N1CCC(C(N)=O)CC1. The number of benzene rings is 2. The Morgan fingerprint density at radius 2 is 1.63 bits per heavy atom. The molecule has 1 saturated heterocycles. The first-order valence-electron chi connectivity index (χ1n) is 12.8. The highest BCUT2D eigenvalue weighted by molar-refractivity contribution is 5.98. The van der Waals surface area contributed by atoms with Gasteiger partial charge >= 0.3 is 6.09 Å². The molecular weight excluding hydrogens is 488 g/mol. The number of ether oxygens (including phenoxy) is 2. The van der Waals surface area contributed by atoms with Gasteiger partial charge in [0.1, 0.15) is 11.8 Å². The van der Waals surface area contributed by atoms with Gasteiger partial charge in [-0.2, -0.15) is 0 Å². The van der Waals surface area contributed by atoms with Crippen LogP contribution in [-0.2, 0) is 14.4 Å². The molecule has 2 aromatic rings. The van der Waals surface area contributed by atoms with Crippen LogP contribution in [0.1, 0.15) is 38.7 Å². The Labute approximate surface area is 222 Å². The number of piperidine rings is 1. The number of hydrogen-bond donors (Lipinski definition) is 3. The Bertz CT molecular complexity index is 1140. The molecule has 10 heteroatoms. The van der Waals surface area contributed by atoms with Gasteiger partial charge in [-0.05, 0) is 55.9 Å². The van der Waals surface area contributed by atoms with Crippen molar-refractivity contribution in [1.82, 2.24) is 10.2 Å². The lowest BCUT2D eigenvalue weighted by atomic mass is 9.97. The number of nitrogens with two attached hydrogens (primary N) is 1. The van der Waals surface area contributed by atoms with Crippen LogP contribution in [0, 0.1) is 18.8 Å². The van der Waals surface area contributed by atoms with E-state index in [9.17, 15) is 19.2 Å². The van der Waals surface area contributed by atoms with Gasteiger partial charge < -0.3 is 30.7 Å². The minimum absolute atomic E-state index is 0.125. The van der Waals surface area contributed by atoms with E-state index < -0.39 is 23.9 Å². The van der Waals surface area contributed by atoms with Crippen LogP contribution in [0.5, 0.6) is 11.5 Å². The molecule has 38 heavy (non-hydrogen) atoms. The predicted octanol–water partition coefficient (Wildman–Crippen LogP) is 3.24. The molecule has 0 spiro atoms. The molecule has 0 radical (unpaired) electrons. The third kappa shape index (κ3) is 8.22. The van der Waals surface area contributed by atoms with Crippen LogP contribution in [0.3, 0.4) is 0 Å². The van der Waals surface area contributed by atoms with Crippen molar-refractivity contribution >= 4 is 29.5 Å². The molecule has 0 aliphatic carbocycles. The lowest BCUT2D eigenvalue weighted by Gasteiger charge is -2.29. The molecule has 3 rings (SSSR count). The number of carbonyl (C=O) groups excluding carboxylic acids is 4. The average Bonchev–Trinajstić information content (AvgIpc) is 2.88. The molecule has 1 aliphatic heterocycles. The van der Waals surface area contributed by atoms with Gasteiger partial charge in [-0.1, -0.05) is 44.2 Å². The summed E-state index contributed by atoms with van der Waals surface area (Å²) in [5.74, 6) is -0.569. The van der Waals surface area contributed by atoms with E-state index in [1.807, 2.05) is 39.0 Å². The lowest BCUT2D eigenvalue weighted by molar-refractivity contribution is -0.128. The second kappa shape index (κ2) is 13.5. The largest absolute Gasteiger partial charge is 0.484 e. The van der Waals surface area contributed by atoms with Crippen molar-refractivity contribution in [3.8, 4) is 11.5 Å². The topological polar surface area (TPSA) is 140 Å². The molecule has 204 valence electrons. The fourth-order valence-corrected chi connectivity index (χ4v) is 4.18.